The number of hydrogen-bond donors (Lipinski definition) is 1. The van der Waals surface area contributed by atoms with Crippen LogP contribution in [-0.4, -0.2) is 29.1 Å². The second-order valence-electron chi connectivity index (χ2n) is 7.64. The highest BCUT2D eigenvalue weighted by molar-refractivity contribution is 6.32. The monoisotopic (exact) mass is 439 g/mol. The van der Waals surface area contributed by atoms with Crippen LogP contribution >= 0.6 is 11.6 Å². The molecule has 0 aliphatic heterocycles. The van der Waals surface area contributed by atoms with Gasteiger partial charge in [0.05, 0.1) is 19.3 Å². The molecule has 1 N–H and O–H groups in total. The van der Waals surface area contributed by atoms with Crippen LogP contribution in [0.2, 0.25) is 5.15 Å². The predicted octanol–water partition coefficient (Wildman–Crippen LogP) is 4.40. The van der Waals surface area contributed by atoms with Gasteiger partial charge in [0.2, 0.25) is 0 Å². The lowest BCUT2D eigenvalue weighted by Gasteiger charge is -2.16. The van der Waals surface area contributed by atoms with Gasteiger partial charge in [-0.3, -0.25) is 14.2 Å². The molecule has 0 atom stereocenters. The Hall–Kier alpha value is -3.12. The minimum absolute atomic E-state index is 0.0923. The standard InChI is InChI=1S/C24H26ClN3O3/c1-16(2)13-14-26-23(29)20-24(30)28(15-17-7-5-4-6-8-17)21(22(25)27-20)18-9-11-19(31-3)12-10-18/h4-12,16H,13-15H2,1-3H3,(H,26,29). The molecule has 1 amide bonds. The highest BCUT2D eigenvalue weighted by Gasteiger charge is 2.21. The lowest BCUT2D eigenvalue weighted by atomic mass is 10.1. The summed E-state index contributed by atoms with van der Waals surface area (Å²) < 4.78 is 6.72. The molecule has 31 heavy (non-hydrogen) atoms. The van der Waals surface area contributed by atoms with Gasteiger partial charge in [0.15, 0.2) is 10.8 Å². The Bertz CT molecular complexity index is 1090. The van der Waals surface area contributed by atoms with E-state index >= 15 is 0 Å². The van der Waals surface area contributed by atoms with Crippen molar-refractivity contribution < 1.29 is 9.53 Å². The molecule has 0 bridgehead atoms. The number of nitrogens with zero attached hydrogens (tertiary/aromatic N) is 2. The van der Waals surface area contributed by atoms with E-state index in [1.165, 1.54) is 4.57 Å². The zero-order chi connectivity index (χ0) is 22.4. The maximum atomic E-state index is 13.3. The van der Waals surface area contributed by atoms with Gasteiger partial charge < -0.3 is 10.1 Å². The lowest BCUT2D eigenvalue weighted by Crippen LogP contribution is -2.36. The van der Waals surface area contributed by atoms with E-state index < -0.39 is 11.5 Å². The SMILES string of the molecule is COc1ccc(-c2c(Cl)nc(C(=O)NCCC(C)C)c(=O)n2Cc2ccccc2)cc1. The van der Waals surface area contributed by atoms with E-state index in [1.54, 1.807) is 19.2 Å². The number of rotatable bonds is 8. The van der Waals surface area contributed by atoms with E-state index in [2.05, 4.69) is 24.1 Å². The highest BCUT2D eigenvalue weighted by atomic mass is 35.5. The van der Waals surface area contributed by atoms with Crippen molar-refractivity contribution in [3.63, 3.8) is 0 Å². The Balaban J connectivity index is 2.08. The van der Waals surface area contributed by atoms with Gasteiger partial charge in [-0.15, -0.1) is 0 Å². The fourth-order valence-electron chi connectivity index (χ4n) is 3.19. The average molecular weight is 440 g/mol. The molecule has 0 saturated carbocycles. The van der Waals surface area contributed by atoms with Gasteiger partial charge >= 0.3 is 0 Å². The first-order valence-electron chi connectivity index (χ1n) is 10.2. The van der Waals surface area contributed by atoms with E-state index in [4.69, 9.17) is 16.3 Å². The van der Waals surface area contributed by atoms with E-state index in [9.17, 15) is 9.59 Å². The number of amides is 1. The zero-order valence-electron chi connectivity index (χ0n) is 17.9. The molecule has 3 rings (SSSR count). The summed E-state index contributed by atoms with van der Waals surface area (Å²) in [6.07, 6.45) is 0.807. The number of nitrogens with one attached hydrogen (secondary N) is 1. The molecule has 0 saturated heterocycles. The number of carbonyl (C=O) groups is 1. The first kappa shape index (κ1) is 22.6. The number of hydrogen-bond acceptors (Lipinski definition) is 4. The maximum absolute atomic E-state index is 13.3. The summed E-state index contributed by atoms with van der Waals surface area (Å²) in [5, 5.41) is 2.87. The van der Waals surface area contributed by atoms with Crippen LogP contribution in [0.5, 0.6) is 5.75 Å². The van der Waals surface area contributed by atoms with Gasteiger partial charge in [-0.25, -0.2) is 4.98 Å². The molecule has 2 aromatic carbocycles. The van der Waals surface area contributed by atoms with Crippen molar-refractivity contribution >= 4 is 17.5 Å². The van der Waals surface area contributed by atoms with Crippen LogP contribution in [0.1, 0.15) is 36.3 Å². The number of methoxy groups -OCH3 is 1. The Morgan fingerprint density at radius 3 is 2.42 bits per heavy atom. The van der Waals surface area contributed by atoms with Gasteiger partial charge in [-0.05, 0) is 42.2 Å². The maximum Gasteiger partial charge on any atom is 0.283 e. The van der Waals surface area contributed by atoms with Gasteiger partial charge in [-0.2, -0.15) is 0 Å². The fraction of sp³-hybridized carbons (Fsp3) is 0.292. The molecule has 7 heteroatoms. The Kier molecular flexibility index (Phi) is 7.47. The van der Waals surface area contributed by atoms with Crippen molar-refractivity contribution in [3.05, 3.63) is 81.4 Å². The molecule has 0 aliphatic carbocycles. The van der Waals surface area contributed by atoms with Crippen LogP contribution < -0.4 is 15.6 Å². The van der Waals surface area contributed by atoms with Crippen molar-refractivity contribution in [2.45, 2.75) is 26.8 Å². The van der Waals surface area contributed by atoms with Crippen molar-refractivity contribution in [1.29, 1.82) is 0 Å². The summed E-state index contributed by atoms with van der Waals surface area (Å²) in [6, 6.07) is 16.7. The molecule has 3 aromatic rings. The van der Waals surface area contributed by atoms with Gasteiger partial charge in [0, 0.05) is 12.1 Å². The topological polar surface area (TPSA) is 73.2 Å². The molecule has 1 heterocycles. The van der Waals surface area contributed by atoms with Crippen LogP contribution in [0.4, 0.5) is 0 Å². The van der Waals surface area contributed by atoms with Crippen LogP contribution in [0.15, 0.2) is 59.4 Å². The van der Waals surface area contributed by atoms with E-state index in [0.717, 1.165) is 12.0 Å². The number of carbonyl (C=O) groups excluding carboxylic acids is 1. The molecule has 1 aromatic heterocycles. The van der Waals surface area contributed by atoms with Crippen LogP contribution in [0, 0.1) is 5.92 Å². The number of aromatic nitrogens is 2. The largest absolute Gasteiger partial charge is 0.497 e. The van der Waals surface area contributed by atoms with Gasteiger partial charge in [-0.1, -0.05) is 55.8 Å². The molecular formula is C24H26ClN3O3. The zero-order valence-corrected chi connectivity index (χ0v) is 18.6. The summed E-state index contributed by atoms with van der Waals surface area (Å²) in [4.78, 5) is 30.2. The van der Waals surface area contributed by atoms with E-state index in [0.29, 0.717) is 29.5 Å². The average Bonchev–Trinajstić information content (AvgIpc) is 2.76. The van der Waals surface area contributed by atoms with Gasteiger partial charge in [0.25, 0.3) is 11.5 Å². The summed E-state index contributed by atoms with van der Waals surface area (Å²) >= 11 is 6.53. The minimum Gasteiger partial charge on any atom is -0.497 e. The summed E-state index contributed by atoms with van der Waals surface area (Å²) in [5.74, 6) is 0.602. The fourth-order valence-corrected chi connectivity index (χ4v) is 3.48. The molecule has 6 nitrogen and oxygen atoms in total. The molecular weight excluding hydrogens is 414 g/mol. The Labute approximate surface area is 186 Å². The number of halogens is 1. The lowest BCUT2D eigenvalue weighted by molar-refractivity contribution is 0.0944. The highest BCUT2D eigenvalue weighted by Crippen LogP contribution is 2.28. The van der Waals surface area contributed by atoms with Crippen molar-refractivity contribution in [3.8, 4) is 17.0 Å². The van der Waals surface area contributed by atoms with Crippen molar-refractivity contribution in [2.24, 2.45) is 5.92 Å². The number of benzene rings is 2. The molecule has 0 spiro atoms. The van der Waals surface area contributed by atoms with Crippen LogP contribution in [0.25, 0.3) is 11.3 Å². The molecule has 0 fully saturated rings. The van der Waals surface area contributed by atoms with Crippen LogP contribution in [-0.2, 0) is 6.54 Å². The second kappa shape index (κ2) is 10.3. The number of ether oxygens (including phenoxy) is 1. The normalized spacial score (nSPS) is 10.9. The first-order chi connectivity index (χ1) is 14.9. The predicted molar refractivity (Wildman–Crippen MR) is 123 cm³/mol. The van der Waals surface area contributed by atoms with Crippen molar-refractivity contribution in [1.82, 2.24) is 14.9 Å². The Morgan fingerprint density at radius 1 is 1.13 bits per heavy atom. The summed E-state index contributed by atoms with van der Waals surface area (Å²) in [6.45, 7) is 4.86. The third-order valence-corrected chi connectivity index (χ3v) is 5.16. The third-order valence-electron chi connectivity index (χ3n) is 4.89. The molecule has 0 unspecified atom stereocenters. The van der Waals surface area contributed by atoms with Gasteiger partial charge in [0.1, 0.15) is 5.75 Å². The quantitative estimate of drug-likeness (QED) is 0.564. The Morgan fingerprint density at radius 2 is 1.81 bits per heavy atom. The smallest absolute Gasteiger partial charge is 0.283 e. The summed E-state index contributed by atoms with van der Waals surface area (Å²) in [7, 11) is 1.58. The summed E-state index contributed by atoms with van der Waals surface area (Å²) in [5.41, 5.74) is 1.38. The third kappa shape index (κ3) is 5.52. The molecule has 0 radical (unpaired) electrons. The van der Waals surface area contributed by atoms with E-state index in [-0.39, 0.29) is 17.4 Å². The van der Waals surface area contributed by atoms with E-state index in [1.807, 2.05) is 42.5 Å². The first-order valence-corrected chi connectivity index (χ1v) is 10.6. The van der Waals surface area contributed by atoms with Crippen LogP contribution in [0.3, 0.4) is 0 Å². The van der Waals surface area contributed by atoms with Crippen molar-refractivity contribution in [2.75, 3.05) is 13.7 Å². The molecule has 162 valence electrons. The molecule has 0 aliphatic rings. The second-order valence-corrected chi connectivity index (χ2v) is 8.00. The minimum atomic E-state index is -0.518.